The summed E-state index contributed by atoms with van der Waals surface area (Å²) < 4.78 is 34.2. The van der Waals surface area contributed by atoms with Crippen LogP contribution in [0.2, 0.25) is 0 Å². The number of carbonyl (C=O) groups is 1. The minimum absolute atomic E-state index is 0.279. The Morgan fingerprint density at radius 3 is 2.55 bits per heavy atom. The number of carboxylic acid groups (broad SMARTS) is 1. The van der Waals surface area contributed by atoms with Gasteiger partial charge >= 0.3 is 5.97 Å². The summed E-state index contributed by atoms with van der Waals surface area (Å²) in [7, 11) is 4.02. The van der Waals surface area contributed by atoms with Crippen molar-refractivity contribution in [3.63, 3.8) is 0 Å². The summed E-state index contributed by atoms with van der Waals surface area (Å²) in [4.78, 5) is 27.1. The second-order valence-electron chi connectivity index (χ2n) is 12.7. The van der Waals surface area contributed by atoms with Gasteiger partial charge in [-0.3, -0.25) is 0 Å². The molecule has 0 bridgehead atoms. The van der Waals surface area contributed by atoms with Crippen molar-refractivity contribution in [2.45, 2.75) is 59.2 Å². The third-order valence-corrected chi connectivity index (χ3v) is 9.22. The molecule has 1 saturated heterocycles. The minimum Gasteiger partial charge on any atom is -0.490 e. The van der Waals surface area contributed by atoms with E-state index in [-0.39, 0.29) is 5.75 Å². The van der Waals surface area contributed by atoms with Crippen LogP contribution in [0.1, 0.15) is 55.7 Å². The molecule has 44 heavy (non-hydrogen) atoms. The number of ether oxygens (including phenoxy) is 2. The largest absolute Gasteiger partial charge is 0.490 e. The number of benzene rings is 1. The number of fused-ring (bicyclic) bond motifs is 2. The van der Waals surface area contributed by atoms with Gasteiger partial charge in [0.1, 0.15) is 5.65 Å². The van der Waals surface area contributed by atoms with Crippen LogP contribution in [-0.4, -0.2) is 80.3 Å². The lowest BCUT2D eigenvalue weighted by Gasteiger charge is -2.31. The van der Waals surface area contributed by atoms with Gasteiger partial charge < -0.3 is 28.9 Å². The van der Waals surface area contributed by atoms with Crippen LogP contribution < -0.4 is 9.64 Å². The first-order valence-electron chi connectivity index (χ1n) is 15.0. The fraction of sp³-hybridized carbons (Fsp3) is 0.500. The molecule has 10 nitrogen and oxygen atoms in total. The highest BCUT2D eigenvalue weighted by Crippen LogP contribution is 2.45. The molecule has 0 saturated carbocycles. The molecule has 234 valence electrons. The van der Waals surface area contributed by atoms with E-state index < -0.39 is 23.5 Å². The summed E-state index contributed by atoms with van der Waals surface area (Å²) in [5.41, 5.74) is 4.45. The first-order chi connectivity index (χ1) is 20.8. The molecule has 12 heteroatoms. The molecule has 0 amide bonds. The van der Waals surface area contributed by atoms with E-state index in [1.807, 2.05) is 45.4 Å². The summed E-state index contributed by atoms with van der Waals surface area (Å²) in [6.45, 7) is 13.3. The summed E-state index contributed by atoms with van der Waals surface area (Å²) in [5, 5.41) is 11.9. The first-order valence-corrected chi connectivity index (χ1v) is 15.7. The van der Waals surface area contributed by atoms with Crippen molar-refractivity contribution >= 4 is 34.5 Å². The molecule has 0 aliphatic carbocycles. The van der Waals surface area contributed by atoms with Gasteiger partial charge in [-0.1, -0.05) is 0 Å². The number of hydrogen-bond donors (Lipinski definition) is 1. The maximum Gasteiger partial charge on any atom is 0.337 e. The van der Waals surface area contributed by atoms with Crippen LogP contribution in [0.4, 0.5) is 10.3 Å². The molecule has 1 fully saturated rings. The van der Waals surface area contributed by atoms with Crippen molar-refractivity contribution in [3.05, 3.63) is 40.3 Å². The van der Waals surface area contributed by atoms with E-state index in [1.165, 1.54) is 17.6 Å². The van der Waals surface area contributed by atoms with E-state index in [1.54, 1.807) is 6.92 Å². The SMILES string of the molecule is Cc1nc2c(cc(-c3nc(N4CCN(C)CC4)ns3)n2C)c(-c2cc(F)c3c(c2C)CCCO3)c1[C@H](OC(C)(C)C)C(=O)O. The fourth-order valence-electron chi connectivity index (χ4n) is 6.23. The smallest absolute Gasteiger partial charge is 0.337 e. The topological polar surface area (TPSA) is 106 Å². The van der Waals surface area contributed by atoms with Crippen molar-refractivity contribution < 1.29 is 23.8 Å². The van der Waals surface area contributed by atoms with Gasteiger partial charge in [-0.05, 0) is 89.3 Å². The van der Waals surface area contributed by atoms with Crippen LogP contribution in [0.5, 0.6) is 5.75 Å². The maximum atomic E-state index is 15.7. The predicted octanol–water partition coefficient (Wildman–Crippen LogP) is 5.53. The Hall–Kier alpha value is -3.61. The Labute approximate surface area is 260 Å². The van der Waals surface area contributed by atoms with Gasteiger partial charge in [-0.25, -0.2) is 14.2 Å². The van der Waals surface area contributed by atoms with Gasteiger partial charge in [0.2, 0.25) is 5.95 Å². The van der Waals surface area contributed by atoms with Crippen molar-refractivity contribution in [1.29, 1.82) is 0 Å². The normalized spacial score (nSPS) is 16.7. The van der Waals surface area contributed by atoms with E-state index in [9.17, 15) is 9.90 Å². The predicted molar refractivity (Wildman–Crippen MR) is 169 cm³/mol. The second-order valence-corrected chi connectivity index (χ2v) is 13.5. The molecular weight excluding hydrogens is 583 g/mol. The molecule has 1 N–H and O–H groups in total. The van der Waals surface area contributed by atoms with Crippen LogP contribution in [0.15, 0.2) is 12.1 Å². The zero-order valence-corrected chi connectivity index (χ0v) is 27.1. The number of carboxylic acids is 1. The lowest BCUT2D eigenvalue weighted by atomic mass is 9.86. The zero-order valence-electron chi connectivity index (χ0n) is 26.3. The second kappa shape index (κ2) is 11.4. The molecule has 5 heterocycles. The molecule has 1 atom stereocenters. The maximum absolute atomic E-state index is 15.7. The number of aryl methyl sites for hydroxylation is 2. The number of rotatable bonds is 6. The summed E-state index contributed by atoms with van der Waals surface area (Å²) >= 11 is 1.32. The Bertz CT molecular complexity index is 1750. The van der Waals surface area contributed by atoms with Crippen molar-refractivity contribution in [3.8, 4) is 27.6 Å². The average Bonchev–Trinajstić information content (AvgIpc) is 3.58. The number of aliphatic carboxylic acids is 1. The monoisotopic (exact) mass is 622 g/mol. The Balaban J connectivity index is 1.59. The Kier molecular flexibility index (Phi) is 7.87. The van der Waals surface area contributed by atoms with E-state index in [0.29, 0.717) is 52.4 Å². The fourth-order valence-corrected chi connectivity index (χ4v) is 6.97. The highest BCUT2D eigenvalue weighted by molar-refractivity contribution is 7.09. The molecule has 1 aromatic carbocycles. The number of halogens is 1. The van der Waals surface area contributed by atoms with Crippen molar-refractivity contribution in [2.75, 3.05) is 44.7 Å². The summed E-state index contributed by atoms with van der Waals surface area (Å²) in [6, 6.07) is 3.44. The van der Waals surface area contributed by atoms with Crippen molar-refractivity contribution in [2.24, 2.45) is 7.05 Å². The lowest BCUT2D eigenvalue weighted by molar-refractivity contribution is -0.160. The molecule has 2 aliphatic rings. The number of aromatic nitrogens is 4. The summed E-state index contributed by atoms with van der Waals surface area (Å²) in [6.07, 6.45) is 0.127. The molecule has 0 unspecified atom stereocenters. The molecule has 0 radical (unpaired) electrons. The average molecular weight is 623 g/mol. The highest BCUT2D eigenvalue weighted by Gasteiger charge is 2.35. The quantitative estimate of drug-likeness (QED) is 0.297. The number of piperazine rings is 1. The van der Waals surface area contributed by atoms with E-state index in [2.05, 4.69) is 21.2 Å². The van der Waals surface area contributed by atoms with Gasteiger partial charge in [0.25, 0.3) is 0 Å². The third kappa shape index (κ3) is 5.43. The van der Waals surface area contributed by atoms with E-state index in [4.69, 9.17) is 19.4 Å². The molecule has 4 aromatic rings. The van der Waals surface area contributed by atoms with Crippen LogP contribution in [0, 0.1) is 19.7 Å². The molecular formula is C32H39FN6O4S. The highest BCUT2D eigenvalue weighted by atomic mass is 32.1. The van der Waals surface area contributed by atoms with E-state index >= 15 is 4.39 Å². The van der Waals surface area contributed by atoms with Crippen molar-refractivity contribution in [1.82, 2.24) is 23.8 Å². The van der Waals surface area contributed by atoms with Gasteiger partial charge in [-0.15, -0.1) is 0 Å². The van der Waals surface area contributed by atoms with Crippen LogP contribution in [0.25, 0.3) is 32.9 Å². The molecule has 0 spiro atoms. The Morgan fingerprint density at radius 2 is 1.86 bits per heavy atom. The van der Waals surface area contributed by atoms with Gasteiger partial charge in [0.15, 0.2) is 22.7 Å². The van der Waals surface area contributed by atoms with Crippen LogP contribution >= 0.6 is 11.5 Å². The standard InChI is InChI=1S/C32H39FN6O4S/c1-17-19-9-8-14-42-26(19)22(33)15-20(17)25-21-16-23(29-35-31(36-44-29)39-12-10-37(6)11-13-39)38(7)28(21)34-18(2)24(25)27(30(40)41)43-32(3,4)5/h15-16,27H,8-14H2,1-7H3,(H,40,41)/t27-/m0/s1. The van der Waals surface area contributed by atoms with Gasteiger partial charge in [0.05, 0.1) is 17.9 Å². The first kappa shape index (κ1) is 30.4. The minimum atomic E-state index is -1.33. The number of hydrogen-bond acceptors (Lipinski definition) is 9. The molecule has 2 aliphatic heterocycles. The van der Waals surface area contributed by atoms with Gasteiger partial charge in [-0.2, -0.15) is 9.36 Å². The summed E-state index contributed by atoms with van der Waals surface area (Å²) in [5.74, 6) is -0.622. The number of nitrogens with zero attached hydrogens (tertiary/aromatic N) is 6. The third-order valence-electron chi connectivity index (χ3n) is 8.49. The van der Waals surface area contributed by atoms with Crippen LogP contribution in [0.3, 0.4) is 0 Å². The molecule has 6 rings (SSSR count). The van der Waals surface area contributed by atoms with E-state index in [0.717, 1.165) is 54.4 Å². The number of pyridine rings is 1. The number of anilines is 1. The zero-order chi connectivity index (χ0) is 31.5. The lowest BCUT2D eigenvalue weighted by Crippen LogP contribution is -2.44. The number of likely N-dealkylation sites (N-methyl/N-ethyl adjacent to an activating group) is 1. The van der Waals surface area contributed by atoms with Crippen LogP contribution in [-0.2, 0) is 23.0 Å². The molecule has 3 aromatic heterocycles. The Morgan fingerprint density at radius 1 is 1.14 bits per heavy atom. The van der Waals surface area contributed by atoms with Gasteiger partial charge in [0, 0.05) is 61.0 Å².